The van der Waals surface area contributed by atoms with Gasteiger partial charge in [-0.2, -0.15) is 4.57 Å². The van der Waals surface area contributed by atoms with Crippen LogP contribution in [0.1, 0.15) is 0 Å². The Labute approximate surface area is 109 Å². The number of hydrogen-bond acceptors (Lipinski definition) is 4. The molecule has 0 aliphatic carbocycles. The Morgan fingerprint density at radius 2 is 2.17 bits per heavy atom. The summed E-state index contributed by atoms with van der Waals surface area (Å²) in [6, 6.07) is 5.65. The van der Waals surface area contributed by atoms with Crippen LogP contribution in [0.4, 0.5) is 0 Å². The van der Waals surface area contributed by atoms with Gasteiger partial charge in [0, 0.05) is 6.07 Å². The summed E-state index contributed by atoms with van der Waals surface area (Å²) in [7, 11) is 3.24. The molecule has 2 rings (SSSR count). The lowest BCUT2D eigenvalue weighted by Gasteiger charge is -2.07. The number of thiazole rings is 1. The van der Waals surface area contributed by atoms with E-state index in [2.05, 4.69) is 0 Å². The van der Waals surface area contributed by atoms with E-state index in [4.69, 9.17) is 9.47 Å². The third-order valence-corrected chi connectivity index (χ3v) is 3.53. The molecule has 0 aliphatic rings. The van der Waals surface area contributed by atoms with Gasteiger partial charge in [0.15, 0.2) is 12.5 Å². The van der Waals surface area contributed by atoms with Gasteiger partial charge < -0.3 is 9.47 Å². The third-order valence-electron chi connectivity index (χ3n) is 2.59. The highest BCUT2D eigenvalue weighted by atomic mass is 32.1. The van der Waals surface area contributed by atoms with Crippen molar-refractivity contribution < 1.29 is 18.8 Å². The summed E-state index contributed by atoms with van der Waals surface area (Å²) >= 11 is 1.57. The summed E-state index contributed by atoms with van der Waals surface area (Å²) < 4.78 is 12.4. The fraction of sp³-hybridized carbons (Fsp3) is 0.231. The van der Waals surface area contributed by atoms with Crippen LogP contribution in [0, 0.1) is 0 Å². The van der Waals surface area contributed by atoms with Crippen molar-refractivity contribution in [1.29, 1.82) is 0 Å². The topological polar surface area (TPSA) is 39.4 Å². The number of carbonyl (C=O) groups excluding carboxylic acids is 1. The van der Waals surface area contributed by atoms with Crippen molar-refractivity contribution in [1.82, 2.24) is 0 Å². The average Bonchev–Trinajstić information content (AvgIpc) is 2.86. The molecule has 0 saturated carbocycles. The van der Waals surface area contributed by atoms with Gasteiger partial charge in [0.1, 0.15) is 11.5 Å². The summed E-state index contributed by atoms with van der Waals surface area (Å²) in [4.78, 5) is 10.6. The van der Waals surface area contributed by atoms with E-state index in [0.717, 1.165) is 28.4 Å². The number of aromatic nitrogens is 1. The smallest absolute Gasteiger partial charge is 0.273 e. The van der Waals surface area contributed by atoms with Crippen LogP contribution in [0.15, 0.2) is 29.8 Å². The molecular weight excluding hydrogens is 250 g/mol. The van der Waals surface area contributed by atoms with Crippen molar-refractivity contribution in [3.63, 3.8) is 0 Å². The lowest BCUT2D eigenvalue weighted by Crippen LogP contribution is -2.33. The Morgan fingerprint density at radius 1 is 1.33 bits per heavy atom. The first-order valence-corrected chi connectivity index (χ1v) is 6.31. The number of nitrogens with zero attached hydrogens (tertiary/aromatic N) is 1. The molecule has 0 amide bonds. The van der Waals surface area contributed by atoms with E-state index >= 15 is 0 Å². The second-order valence-corrected chi connectivity index (χ2v) is 4.49. The summed E-state index contributed by atoms with van der Waals surface area (Å²) in [6.45, 7) is 0.341. The molecule has 0 aliphatic heterocycles. The molecule has 2 aromatic rings. The lowest BCUT2D eigenvalue weighted by molar-refractivity contribution is -0.667. The summed E-state index contributed by atoms with van der Waals surface area (Å²) in [5.41, 5.74) is 0.954. The molecule has 1 aromatic heterocycles. The Balaban J connectivity index is 2.49. The van der Waals surface area contributed by atoms with E-state index in [-0.39, 0.29) is 0 Å². The van der Waals surface area contributed by atoms with Crippen LogP contribution in [0.5, 0.6) is 11.5 Å². The van der Waals surface area contributed by atoms with Crippen molar-refractivity contribution in [3.8, 4) is 22.1 Å². The highest BCUT2D eigenvalue weighted by molar-refractivity contribution is 7.12. The fourth-order valence-corrected chi connectivity index (χ4v) is 2.62. The monoisotopic (exact) mass is 264 g/mol. The van der Waals surface area contributed by atoms with Crippen LogP contribution in [0.2, 0.25) is 0 Å². The van der Waals surface area contributed by atoms with Crippen LogP contribution in [0.25, 0.3) is 10.6 Å². The normalized spacial score (nSPS) is 10.1. The average molecular weight is 264 g/mol. The van der Waals surface area contributed by atoms with E-state index in [1.54, 1.807) is 25.6 Å². The number of benzene rings is 1. The molecule has 1 heterocycles. The zero-order chi connectivity index (χ0) is 13.0. The van der Waals surface area contributed by atoms with Crippen LogP contribution < -0.4 is 14.0 Å². The summed E-state index contributed by atoms with van der Waals surface area (Å²) in [6.07, 6.45) is 2.77. The predicted octanol–water partition coefficient (Wildman–Crippen LogP) is 1.92. The number of hydrogen-bond donors (Lipinski definition) is 0. The maximum atomic E-state index is 10.6. The van der Waals surface area contributed by atoms with Gasteiger partial charge in [0.25, 0.3) is 5.01 Å². The molecule has 18 heavy (non-hydrogen) atoms. The van der Waals surface area contributed by atoms with Gasteiger partial charge in [-0.05, 0) is 12.1 Å². The highest BCUT2D eigenvalue weighted by Gasteiger charge is 2.19. The van der Waals surface area contributed by atoms with Gasteiger partial charge in [0.2, 0.25) is 6.54 Å². The molecule has 0 saturated heterocycles. The summed E-state index contributed by atoms with van der Waals surface area (Å²) in [5.74, 6) is 1.48. The molecule has 94 valence electrons. The zero-order valence-electron chi connectivity index (χ0n) is 10.3. The molecule has 0 fully saturated rings. The van der Waals surface area contributed by atoms with Crippen molar-refractivity contribution in [2.24, 2.45) is 0 Å². The second kappa shape index (κ2) is 5.64. The minimum atomic E-state index is 0.341. The number of carbonyl (C=O) groups is 1. The molecule has 0 radical (unpaired) electrons. The largest absolute Gasteiger partial charge is 0.497 e. The van der Waals surface area contributed by atoms with E-state index < -0.39 is 0 Å². The van der Waals surface area contributed by atoms with Crippen molar-refractivity contribution in [3.05, 3.63) is 29.8 Å². The van der Waals surface area contributed by atoms with Crippen LogP contribution in [-0.2, 0) is 11.3 Å². The minimum absolute atomic E-state index is 0.341. The van der Waals surface area contributed by atoms with E-state index in [9.17, 15) is 4.79 Å². The highest BCUT2D eigenvalue weighted by Crippen LogP contribution is 2.33. The first-order chi connectivity index (χ1) is 8.80. The number of aldehydes is 1. The van der Waals surface area contributed by atoms with Crippen LogP contribution in [0.3, 0.4) is 0 Å². The third kappa shape index (κ3) is 2.36. The second-order valence-electron chi connectivity index (χ2n) is 3.59. The van der Waals surface area contributed by atoms with Crippen molar-refractivity contribution in [2.45, 2.75) is 6.54 Å². The molecule has 0 N–H and O–H groups in total. The lowest BCUT2D eigenvalue weighted by atomic mass is 10.2. The molecule has 0 unspecified atom stereocenters. The quantitative estimate of drug-likeness (QED) is 0.612. The molecule has 4 nitrogen and oxygen atoms in total. The van der Waals surface area contributed by atoms with E-state index in [1.807, 2.05) is 34.3 Å². The summed E-state index contributed by atoms with van der Waals surface area (Å²) in [5, 5.41) is 2.93. The minimum Gasteiger partial charge on any atom is -0.497 e. The molecule has 0 bridgehead atoms. The Hall–Kier alpha value is -1.88. The van der Waals surface area contributed by atoms with Gasteiger partial charge in [-0.25, -0.2) is 0 Å². The fourth-order valence-electron chi connectivity index (χ4n) is 1.72. The predicted molar refractivity (Wildman–Crippen MR) is 69.1 cm³/mol. The first-order valence-electron chi connectivity index (χ1n) is 5.43. The molecule has 0 atom stereocenters. The standard InChI is InChI=1S/C13H14NO3S/c1-16-10-3-4-11(12(9-10)17-2)13-14(5-7-15)6-8-18-13/h3-4,6-9H,5H2,1-2H3/q+1. The van der Waals surface area contributed by atoms with Crippen LogP contribution >= 0.6 is 11.3 Å². The van der Waals surface area contributed by atoms with Gasteiger partial charge in [0.05, 0.1) is 25.2 Å². The molecule has 5 heteroatoms. The Kier molecular flexibility index (Phi) is 3.94. The van der Waals surface area contributed by atoms with Crippen LogP contribution in [-0.4, -0.2) is 20.5 Å². The molecule has 1 aromatic carbocycles. The number of ether oxygens (including phenoxy) is 2. The Bertz CT molecular complexity index is 551. The number of methoxy groups -OCH3 is 2. The number of rotatable bonds is 5. The van der Waals surface area contributed by atoms with Crippen molar-refractivity contribution in [2.75, 3.05) is 14.2 Å². The van der Waals surface area contributed by atoms with Gasteiger partial charge in [-0.1, -0.05) is 11.3 Å². The molecular formula is C13H14NO3S+. The van der Waals surface area contributed by atoms with Crippen molar-refractivity contribution >= 4 is 17.6 Å². The van der Waals surface area contributed by atoms with E-state index in [0.29, 0.717) is 6.54 Å². The van der Waals surface area contributed by atoms with Gasteiger partial charge in [-0.3, -0.25) is 4.79 Å². The molecule has 0 spiro atoms. The first kappa shape index (κ1) is 12.6. The maximum absolute atomic E-state index is 10.6. The van der Waals surface area contributed by atoms with Gasteiger partial charge >= 0.3 is 0 Å². The van der Waals surface area contributed by atoms with E-state index in [1.165, 1.54) is 0 Å². The van der Waals surface area contributed by atoms with Gasteiger partial charge in [-0.15, -0.1) is 0 Å². The SMILES string of the molecule is COc1ccc(-c2scc[n+]2CC=O)c(OC)c1. The Morgan fingerprint density at radius 3 is 2.83 bits per heavy atom. The maximum Gasteiger partial charge on any atom is 0.273 e. The zero-order valence-corrected chi connectivity index (χ0v) is 11.1.